The smallest absolute Gasteiger partial charge is 0.338 e. The summed E-state index contributed by atoms with van der Waals surface area (Å²) < 4.78 is 10.5. The number of hydrogen-bond acceptors (Lipinski definition) is 5. The Kier molecular flexibility index (Phi) is 14.5. The minimum absolute atomic E-state index is 0.0803. The lowest BCUT2D eigenvalue weighted by atomic mass is 9.81. The zero-order valence-electron chi connectivity index (χ0n) is 25.1. The summed E-state index contributed by atoms with van der Waals surface area (Å²) in [5, 5.41) is 2.95. The number of carbonyl (C=O) groups excluding carboxylic acids is 2. The number of hydrogen-bond donors (Lipinski definition) is 1. The van der Waals surface area contributed by atoms with Crippen molar-refractivity contribution in [2.24, 2.45) is 0 Å². The van der Waals surface area contributed by atoms with Gasteiger partial charge in [-0.05, 0) is 79.3 Å². The van der Waals surface area contributed by atoms with Gasteiger partial charge in [0.25, 0.3) is 5.91 Å². The van der Waals surface area contributed by atoms with E-state index in [0.717, 1.165) is 12.0 Å². The van der Waals surface area contributed by atoms with E-state index in [1.54, 1.807) is 11.8 Å². The molecule has 0 aliphatic carbocycles. The van der Waals surface area contributed by atoms with Crippen LogP contribution in [0.4, 0.5) is 0 Å². The summed E-state index contributed by atoms with van der Waals surface area (Å²) in [4.78, 5) is 27.3. The lowest BCUT2D eigenvalue weighted by molar-refractivity contribution is 0.0526. The largest absolute Gasteiger partial charge is 0.462 e. The highest BCUT2D eigenvalue weighted by Gasteiger charge is 2.27. The molecule has 6 heteroatoms. The Morgan fingerprint density at radius 2 is 1.50 bits per heavy atom. The quantitative estimate of drug-likeness (QED) is 0.220. The van der Waals surface area contributed by atoms with E-state index in [2.05, 4.69) is 42.6 Å². The topological polar surface area (TPSA) is 64.6 Å². The molecule has 0 radical (unpaired) electrons. The minimum Gasteiger partial charge on any atom is -0.462 e. The van der Waals surface area contributed by atoms with Gasteiger partial charge >= 0.3 is 5.97 Å². The SMILES string of the molecule is CC.CC.CCOCCNC(=O)c1ccc2c(c1)C(C)CC(c1ccc(C(=O)OCC)cc1)c1ccccc1S2. The van der Waals surface area contributed by atoms with Crippen LogP contribution in [-0.2, 0) is 9.47 Å². The molecule has 1 N–H and O–H groups in total. The monoisotopic (exact) mass is 563 g/mol. The predicted octanol–water partition coefficient (Wildman–Crippen LogP) is 8.47. The van der Waals surface area contributed by atoms with Crippen molar-refractivity contribution in [3.05, 3.63) is 94.5 Å². The number of esters is 1. The average molecular weight is 564 g/mol. The van der Waals surface area contributed by atoms with Gasteiger partial charge < -0.3 is 14.8 Å². The molecule has 0 aromatic heterocycles. The first-order valence-corrected chi connectivity index (χ1v) is 15.4. The van der Waals surface area contributed by atoms with Crippen LogP contribution < -0.4 is 5.32 Å². The van der Waals surface area contributed by atoms with Gasteiger partial charge in [0, 0.05) is 34.4 Å². The molecule has 1 heterocycles. The second-order valence-corrected chi connectivity index (χ2v) is 9.96. The van der Waals surface area contributed by atoms with Crippen LogP contribution in [0.5, 0.6) is 0 Å². The Morgan fingerprint density at radius 1 is 0.850 bits per heavy atom. The van der Waals surface area contributed by atoms with Crippen LogP contribution in [0.15, 0.2) is 76.5 Å². The number of rotatable bonds is 8. The first kappa shape index (κ1) is 33.1. The van der Waals surface area contributed by atoms with Crippen molar-refractivity contribution < 1.29 is 19.1 Å². The third-order valence-corrected chi connectivity index (χ3v) is 7.65. The Hall–Kier alpha value is -3.09. The molecule has 5 nitrogen and oxygen atoms in total. The molecule has 0 bridgehead atoms. The number of fused-ring (bicyclic) bond motifs is 2. The maximum atomic E-state index is 12.8. The normalized spacial score (nSPS) is 15.4. The highest BCUT2D eigenvalue weighted by molar-refractivity contribution is 7.99. The fourth-order valence-corrected chi connectivity index (χ4v) is 5.85. The van der Waals surface area contributed by atoms with Crippen LogP contribution >= 0.6 is 11.8 Å². The maximum absolute atomic E-state index is 12.8. The Balaban J connectivity index is 0.00000134. The molecule has 3 aromatic rings. The maximum Gasteiger partial charge on any atom is 0.338 e. The second kappa shape index (κ2) is 17.6. The van der Waals surface area contributed by atoms with Gasteiger partial charge in [-0.1, -0.05) is 76.7 Å². The number of benzene rings is 3. The molecule has 216 valence electrons. The van der Waals surface area contributed by atoms with Gasteiger partial charge in [-0.3, -0.25) is 4.79 Å². The molecule has 0 fully saturated rings. The fraction of sp³-hybridized carbons (Fsp3) is 0.412. The Morgan fingerprint density at radius 3 is 2.17 bits per heavy atom. The molecule has 3 aromatic carbocycles. The molecule has 0 saturated carbocycles. The van der Waals surface area contributed by atoms with E-state index in [9.17, 15) is 9.59 Å². The van der Waals surface area contributed by atoms with E-state index in [1.807, 2.05) is 77.9 Å². The van der Waals surface area contributed by atoms with Gasteiger partial charge in [0.15, 0.2) is 0 Å². The van der Waals surface area contributed by atoms with Crippen molar-refractivity contribution in [2.45, 2.75) is 76.5 Å². The van der Waals surface area contributed by atoms with Crippen molar-refractivity contribution in [1.29, 1.82) is 0 Å². The van der Waals surface area contributed by atoms with E-state index in [4.69, 9.17) is 9.47 Å². The van der Waals surface area contributed by atoms with Crippen LogP contribution in [0, 0.1) is 0 Å². The van der Waals surface area contributed by atoms with Gasteiger partial charge in [0.05, 0.1) is 18.8 Å². The number of ether oxygens (including phenoxy) is 2. The molecule has 1 amide bonds. The highest BCUT2D eigenvalue weighted by Crippen LogP contribution is 2.46. The summed E-state index contributed by atoms with van der Waals surface area (Å²) in [6.07, 6.45) is 0.888. The minimum atomic E-state index is -0.299. The summed E-state index contributed by atoms with van der Waals surface area (Å²) in [6, 6.07) is 22.3. The van der Waals surface area contributed by atoms with Crippen LogP contribution in [0.3, 0.4) is 0 Å². The molecule has 2 atom stereocenters. The zero-order valence-corrected chi connectivity index (χ0v) is 25.9. The molecule has 4 rings (SSSR count). The second-order valence-electron chi connectivity index (χ2n) is 8.88. The molecular weight excluding hydrogens is 518 g/mol. The number of nitrogens with one attached hydrogen (secondary N) is 1. The molecule has 0 spiro atoms. The molecule has 2 unspecified atom stereocenters. The standard InChI is InChI=1S/C30H33NO4S.2C2H6/c1-4-34-17-16-31-29(32)23-14-15-28-25(19-23)20(3)18-26(24-8-6-7-9-27(24)36-28)21-10-12-22(13-11-21)30(33)35-5-2;2*1-2/h6-15,19-20,26H,4-5,16-18H2,1-3H3,(H,31,32);2*1-2H3. The first-order chi connectivity index (χ1) is 19.5. The van der Waals surface area contributed by atoms with Gasteiger partial charge in [0.1, 0.15) is 0 Å². The van der Waals surface area contributed by atoms with Crippen LogP contribution in [0.2, 0.25) is 0 Å². The fourth-order valence-electron chi connectivity index (χ4n) is 4.62. The third-order valence-electron chi connectivity index (χ3n) is 6.47. The van der Waals surface area contributed by atoms with Crippen LogP contribution in [-0.4, -0.2) is 38.2 Å². The summed E-state index contributed by atoms with van der Waals surface area (Å²) in [7, 11) is 0. The highest BCUT2D eigenvalue weighted by atomic mass is 32.2. The van der Waals surface area contributed by atoms with E-state index >= 15 is 0 Å². The molecule has 1 aliphatic heterocycles. The van der Waals surface area contributed by atoms with Crippen molar-refractivity contribution in [2.75, 3.05) is 26.4 Å². The van der Waals surface area contributed by atoms with E-state index in [0.29, 0.717) is 37.5 Å². The summed E-state index contributed by atoms with van der Waals surface area (Å²) in [5.74, 6) is 0.0128. The molecule has 0 saturated heterocycles. The molecule has 1 aliphatic rings. The van der Waals surface area contributed by atoms with Crippen LogP contribution in [0.25, 0.3) is 0 Å². The summed E-state index contributed by atoms with van der Waals surface area (Å²) >= 11 is 1.75. The average Bonchev–Trinajstić information content (AvgIpc) is 3.00. The molecule has 40 heavy (non-hydrogen) atoms. The third kappa shape index (κ3) is 8.70. The Labute approximate surface area is 245 Å². The summed E-state index contributed by atoms with van der Waals surface area (Å²) in [6.45, 7) is 16.0. The van der Waals surface area contributed by atoms with Crippen molar-refractivity contribution in [1.82, 2.24) is 5.32 Å². The van der Waals surface area contributed by atoms with E-state index in [-0.39, 0.29) is 23.7 Å². The number of amides is 1. The summed E-state index contributed by atoms with van der Waals surface area (Å²) in [5.41, 5.74) is 4.85. The van der Waals surface area contributed by atoms with E-state index in [1.165, 1.54) is 20.9 Å². The number of carbonyl (C=O) groups is 2. The first-order valence-electron chi connectivity index (χ1n) is 14.6. The lowest BCUT2D eigenvalue weighted by Crippen LogP contribution is -2.27. The van der Waals surface area contributed by atoms with Gasteiger partial charge in [-0.2, -0.15) is 0 Å². The van der Waals surface area contributed by atoms with Gasteiger partial charge in [-0.25, -0.2) is 4.79 Å². The Bertz CT molecular complexity index is 1210. The molecular formula is C34H45NO4S. The van der Waals surface area contributed by atoms with Crippen LogP contribution in [0.1, 0.15) is 104 Å². The lowest BCUT2D eigenvalue weighted by Gasteiger charge is -2.29. The van der Waals surface area contributed by atoms with Crippen molar-refractivity contribution in [3.8, 4) is 0 Å². The van der Waals surface area contributed by atoms with Crippen molar-refractivity contribution in [3.63, 3.8) is 0 Å². The zero-order chi connectivity index (χ0) is 29.5. The van der Waals surface area contributed by atoms with Gasteiger partial charge in [-0.15, -0.1) is 0 Å². The van der Waals surface area contributed by atoms with Gasteiger partial charge in [0.2, 0.25) is 0 Å². The van der Waals surface area contributed by atoms with Crippen molar-refractivity contribution >= 4 is 23.6 Å². The predicted molar refractivity (Wildman–Crippen MR) is 166 cm³/mol. The van der Waals surface area contributed by atoms with E-state index < -0.39 is 0 Å².